The van der Waals surface area contributed by atoms with Gasteiger partial charge in [0.05, 0.1) is 0 Å². The van der Waals surface area contributed by atoms with E-state index in [1.807, 2.05) is 0 Å². The van der Waals surface area contributed by atoms with Crippen LogP contribution in [-0.2, 0) is 11.2 Å². The van der Waals surface area contributed by atoms with Gasteiger partial charge in [-0.2, -0.15) is 0 Å². The first-order valence-corrected chi connectivity index (χ1v) is 9.02. The molecule has 0 aromatic heterocycles. The molecule has 142 valence electrons. The highest BCUT2D eigenvalue weighted by molar-refractivity contribution is 5.94. The van der Waals surface area contributed by atoms with Crippen molar-refractivity contribution in [2.75, 3.05) is 26.2 Å². The van der Waals surface area contributed by atoms with E-state index < -0.39 is 5.82 Å². The third-order valence-electron chi connectivity index (χ3n) is 4.86. The molecule has 2 aromatic rings. The van der Waals surface area contributed by atoms with Gasteiger partial charge in [0.25, 0.3) is 5.91 Å². The Morgan fingerprint density at radius 3 is 2.30 bits per heavy atom. The normalized spacial score (nSPS) is 15.5. The minimum atomic E-state index is -0.448. The molecule has 1 atom stereocenters. The van der Waals surface area contributed by atoms with Crippen molar-refractivity contribution >= 4 is 11.8 Å². The van der Waals surface area contributed by atoms with Gasteiger partial charge < -0.3 is 9.80 Å². The molecule has 1 unspecified atom stereocenters. The Morgan fingerprint density at radius 1 is 0.963 bits per heavy atom. The van der Waals surface area contributed by atoms with Crippen LogP contribution in [0, 0.1) is 17.6 Å². The number of nitrogens with zero attached hydrogens (tertiary/aromatic N) is 2. The largest absolute Gasteiger partial charge is 0.339 e. The Kier molecular flexibility index (Phi) is 5.84. The average Bonchev–Trinajstić information content (AvgIpc) is 2.68. The van der Waals surface area contributed by atoms with Crippen LogP contribution in [-0.4, -0.2) is 47.8 Å². The number of hydrogen-bond acceptors (Lipinski definition) is 2. The lowest BCUT2D eigenvalue weighted by Gasteiger charge is -2.36. The fourth-order valence-electron chi connectivity index (χ4n) is 3.33. The molecular weight excluding hydrogens is 350 g/mol. The molecule has 0 aliphatic carbocycles. The summed E-state index contributed by atoms with van der Waals surface area (Å²) >= 11 is 0. The molecule has 2 aromatic carbocycles. The van der Waals surface area contributed by atoms with Gasteiger partial charge in [0, 0.05) is 37.7 Å². The van der Waals surface area contributed by atoms with Crippen molar-refractivity contribution in [3.8, 4) is 0 Å². The molecule has 1 fully saturated rings. The molecule has 4 nitrogen and oxygen atoms in total. The summed E-state index contributed by atoms with van der Waals surface area (Å²) < 4.78 is 27.1. The summed E-state index contributed by atoms with van der Waals surface area (Å²) in [5.41, 5.74) is 0.834. The molecule has 27 heavy (non-hydrogen) atoms. The van der Waals surface area contributed by atoms with Crippen LogP contribution in [0.25, 0.3) is 0 Å². The number of rotatable bonds is 4. The van der Waals surface area contributed by atoms with Crippen LogP contribution in [0.4, 0.5) is 8.78 Å². The minimum absolute atomic E-state index is 0.0453. The first-order chi connectivity index (χ1) is 13.0. The number of amides is 2. The SMILES string of the molecule is CC(Cc1ccccc1F)C(=O)N1CCN(C(=O)c2cccc(F)c2)CC1. The number of hydrogen-bond donors (Lipinski definition) is 0. The van der Waals surface area contributed by atoms with Gasteiger partial charge in [-0.25, -0.2) is 8.78 Å². The fourth-order valence-corrected chi connectivity index (χ4v) is 3.33. The minimum Gasteiger partial charge on any atom is -0.339 e. The van der Waals surface area contributed by atoms with Gasteiger partial charge in [-0.3, -0.25) is 9.59 Å². The van der Waals surface area contributed by atoms with E-state index in [-0.39, 0.29) is 23.5 Å². The van der Waals surface area contributed by atoms with Crippen LogP contribution >= 0.6 is 0 Å². The lowest BCUT2D eigenvalue weighted by molar-refractivity contribution is -0.136. The number of benzene rings is 2. The number of carbonyl (C=O) groups excluding carboxylic acids is 2. The zero-order chi connectivity index (χ0) is 19.4. The second-order valence-corrected chi connectivity index (χ2v) is 6.82. The van der Waals surface area contributed by atoms with Crippen molar-refractivity contribution in [2.45, 2.75) is 13.3 Å². The van der Waals surface area contributed by atoms with Gasteiger partial charge in [0.15, 0.2) is 0 Å². The van der Waals surface area contributed by atoms with E-state index in [4.69, 9.17) is 0 Å². The van der Waals surface area contributed by atoms with Crippen molar-refractivity contribution in [2.24, 2.45) is 5.92 Å². The molecule has 0 radical (unpaired) electrons. The van der Waals surface area contributed by atoms with E-state index in [2.05, 4.69) is 0 Å². The van der Waals surface area contributed by atoms with Crippen molar-refractivity contribution in [3.05, 3.63) is 71.3 Å². The molecule has 1 saturated heterocycles. The second-order valence-electron chi connectivity index (χ2n) is 6.82. The summed E-state index contributed by atoms with van der Waals surface area (Å²) in [4.78, 5) is 28.4. The van der Waals surface area contributed by atoms with E-state index in [1.54, 1.807) is 41.0 Å². The summed E-state index contributed by atoms with van der Waals surface area (Å²) in [5.74, 6) is -1.37. The second kappa shape index (κ2) is 8.29. The molecule has 1 aliphatic heterocycles. The summed E-state index contributed by atoms with van der Waals surface area (Å²) in [6, 6.07) is 12.1. The summed E-state index contributed by atoms with van der Waals surface area (Å²) in [5, 5.41) is 0. The van der Waals surface area contributed by atoms with E-state index in [0.29, 0.717) is 43.7 Å². The van der Waals surface area contributed by atoms with Crippen molar-refractivity contribution in [1.82, 2.24) is 9.80 Å². The molecule has 0 spiro atoms. The maximum atomic E-state index is 13.8. The highest BCUT2D eigenvalue weighted by Gasteiger charge is 2.27. The maximum absolute atomic E-state index is 13.8. The summed E-state index contributed by atoms with van der Waals surface area (Å²) in [7, 11) is 0. The van der Waals surface area contributed by atoms with E-state index in [1.165, 1.54) is 24.3 Å². The first-order valence-electron chi connectivity index (χ1n) is 9.02. The molecule has 2 amide bonds. The summed E-state index contributed by atoms with van der Waals surface area (Å²) in [6.07, 6.45) is 0.341. The Bertz CT molecular complexity index is 832. The van der Waals surface area contributed by atoms with Crippen LogP contribution < -0.4 is 0 Å². The monoisotopic (exact) mass is 372 g/mol. The number of piperazine rings is 1. The molecule has 6 heteroatoms. The topological polar surface area (TPSA) is 40.6 Å². The lowest BCUT2D eigenvalue weighted by atomic mass is 9.99. The predicted molar refractivity (Wildman–Crippen MR) is 98.2 cm³/mol. The summed E-state index contributed by atoms with van der Waals surface area (Å²) in [6.45, 7) is 3.42. The fraction of sp³-hybridized carbons (Fsp3) is 0.333. The molecule has 3 rings (SSSR count). The lowest BCUT2D eigenvalue weighted by Crippen LogP contribution is -2.51. The molecule has 0 N–H and O–H groups in total. The van der Waals surface area contributed by atoms with Gasteiger partial charge in [-0.05, 0) is 36.2 Å². The van der Waals surface area contributed by atoms with Crippen molar-refractivity contribution in [3.63, 3.8) is 0 Å². The Morgan fingerprint density at radius 2 is 1.63 bits per heavy atom. The van der Waals surface area contributed by atoms with Crippen molar-refractivity contribution in [1.29, 1.82) is 0 Å². The van der Waals surface area contributed by atoms with Gasteiger partial charge in [0.1, 0.15) is 11.6 Å². The van der Waals surface area contributed by atoms with Crippen LogP contribution in [0.15, 0.2) is 48.5 Å². The maximum Gasteiger partial charge on any atom is 0.254 e. The van der Waals surface area contributed by atoms with Crippen LogP contribution in [0.5, 0.6) is 0 Å². The standard InChI is InChI=1S/C21H22F2N2O2/c1-15(13-16-5-2-3-8-19(16)23)20(26)24-9-11-25(12-10-24)21(27)17-6-4-7-18(22)14-17/h2-8,14-15H,9-13H2,1H3. The Hall–Kier alpha value is -2.76. The zero-order valence-electron chi connectivity index (χ0n) is 15.2. The van der Waals surface area contributed by atoms with Gasteiger partial charge >= 0.3 is 0 Å². The zero-order valence-corrected chi connectivity index (χ0v) is 15.2. The Balaban J connectivity index is 1.56. The predicted octanol–water partition coefficient (Wildman–Crippen LogP) is 3.13. The van der Waals surface area contributed by atoms with Crippen LogP contribution in [0.2, 0.25) is 0 Å². The molecule has 1 aliphatic rings. The number of halogens is 2. The van der Waals surface area contributed by atoms with E-state index in [0.717, 1.165) is 0 Å². The highest BCUT2D eigenvalue weighted by Crippen LogP contribution is 2.17. The Labute approximate surface area is 157 Å². The first kappa shape index (κ1) is 19.0. The van der Waals surface area contributed by atoms with Crippen molar-refractivity contribution < 1.29 is 18.4 Å². The van der Waals surface area contributed by atoms with Gasteiger partial charge in [-0.1, -0.05) is 31.2 Å². The third kappa shape index (κ3) is 4.51. The van der Waals surface area contributed by atoms with Gasteiger partial charge in [-0.15, -0.1) is 0 Å². The van der Waals surface area contributed by atoms with E-state index in [9.17, 15) is 18.4 Å². The van der Waals surface area contributed by atoms with Gasteiger partial charge in [0.2, 0.25) is 5.91 Å². The molecule has 0 saturated carbocycles. The molecule has 1 heterocycles. The average molecular weight is 372 g/mol. The van der Waals surface area contributed by atoms with Crippen LogP contribution in [0.1, 0.15) is 22.8 Å². The third-order valence-corrected chi connectivity index (χ3v) is 4.86. The van der Waals surface area contributed by atoms with E-state index >= 15 is 0 Å². The molecule has 0 bridgehead atoms. The van der Waals surface area contributed by atoms with Crippen LogP contribution in [0.3, 0.4) is 0 Å². The smallest absolute Gasteiger partial charge is 0.254 e. The highest BCUT2D eigenvalue weighted by atomic mass is 19.1. The number of carbonyl (C=O) groups is 2. The molecular formula is C21H22F2N2O2. The quantitative estimate of drug-likeness (QED) is 0.827.